The van der Waals surface area contributed by atoms with E-state index in [9.17, 15) is 24.4 Å². The van der Waals surface area contributed by atoms with Gasteiger partial charge in [0, 0.05) is 12.3 Å². The predicted octanol–water partition coefficient (Wildman–Crippen LogP) is 2.59. The quantitative estimate of drug-likeness (QED) is 0.232. The van der Waals surface area contributed by atoms with Gasteiger partial charge >= 0.3 is 12.1 Å². The number of aryl methyl sites for hydroxylation is 2. The van der Waals surface area contributed by atoms with Gasteiger partial charge in [0.1, 0.15) is 24.2 Å². The van der Waals surface area contributed by atoms with Crippen LogP contribution >= 0.6 is 12.6 Å². The average molecular weight is 521 g/mol. The Morgan fingerprint density at radius 3 is 2.28 bits per heavy atom. The molecule has 198 valence electrons. The molecular weight excluding hydrogens is 484 g/mol. The Balaban J connectivity index is 3.36. The molecular formula is C25H36N4O6S. The Kier molecular flexibility index (Phi) is 12.3. The number of nitriles is 1. The second-order valence-electron chi connectivity index (χ2n) is 9.06. The molecule has 0 radical (unpaired) electrons. The zero-order chi connectivity index (χ0) is 27.5. The van der Waals surface area contributed by atoms with Crippen molar-refractivity contribution in [2.45, 2.75) is 65.6 Å². The van der Waals surface area contributed by atoms with E-state index in [-0.39, 0.29) is 25.3 Å². The van der Waals surface area contributed by atoms with Crippen LogP contribution in [0.5, 0.6) is 0 Å². The van der Waals surface area contributed by atoms with Gasteiger partial charge in [-0.05, 0) is 58.2 Å². The molecule has 2 unspecified atom stereocenters. The first kappa shape index (κ1) is 30.8. The lowest BCUT2D eigenvalue weighted by Gasteiger charge is -2.34. The summed E-state index contributed by atoms with van der Waals surface area (Å²) < 4.78 is 10.1. The summed E-state index contributed by atoms with van der Waals surface area (Å²) in [5.41, 5.74) is 1.22. The topological polar surface area (TPSA) is 138 Å². The van der Waals surface area contributed by atoms with E-state index in [0.29, 0.717) is 5.56 Å². The molecule has 0 aromatic heterocycles. The number of carbonyl (C=O) groups is 4. The summed E-state index contributed by atoms with van der Waals surface area (Å²) in [6, 6.07) is 5.00. The van der Waals surface area contributed by atoms with Crippen LogP contribution in [-0.4, -0.2) is 65.9 Å². The molecule has 2 atom stereocenters. The Bertz CT molecular complexity index is 965. The molecule has 0 aliphatic carbocycles. The summed E-state index contributed by atoms with van der Waals surface area (Å²) in [5.74, 6) is -1.81. The van der Waals surface area contributed by atoms with E-state index in [1.54, 1.807) is 53.7 Å². The van der Waals surface area contributed by atoms with E-state index in [1.807, 2.05) is 12.1 Å². The van der Waals surface area contributed by atoms with Gasteiger partial charge in [-0.25, -0.2) is 4.79 Å². The maximum atomic E-state index is 13.6. The number of carbonyl (C=O) groups excluding carboxylic acids is 4. The van der Waals surface area contributed by atoms with Crippen LogP contribution in [0.3, 0.4) is 0 Å². The molecule has 10 nitrogen and oxygen atoms in total. The van der Waals surface area contributed by atoms with Crippen molar-refractivity contribution in [2.75, 3.05) is 25.4 Å². The molecule has 0 fully saturated rings. The molecule has 0 aliphatic rings. The highest BCUT2D eigenvalue weighted by Gasteiger charge is 2.37. The molecule has 3 amide bonds. The van der Waals surface area contributed by atoms with Crippen LogP contribution in [-0.2, 0) is 23.9 Å². The summed E-state index contributed by atoms with van der Waals surface area (Å²) in [7, 11) is 0. The molecule has 0 heterocycles. The summed E-state index contributed by atoms with van der Waals surface area (Å²) in [6.07, 6.45) is -0.876. The number of nitrogens with zero attached hydrogens (tertiary/aromatic N) is 2. The number of esters is 1. The van der Waals surface area contributed by atoms with Crippen molar-refractivity contribution < 1.29 is 28.7 Å². The Morgan fingerprint density at radius 1 is 1.17 bits per heavy atom. The highest BCUT2D eigenvalue weighted by molar-refractivity contribution is 7.80. The van der Waals surface area contributed by atoms with Gasteiger partial charge in [0.25, 0.3) is 0 Å². The number of alkyl carbamates (subject to hydrolysis) is 1. The van der Waals surface area contributed by atoms with Crippen LogP contribution in [0.1, 0.15) is 56.8 Å². The molecule has 0 saturated carbocycles. The van der Waals surface area contributed by atoms with Crippen LogP contribution in [0.2, 0.25) is 0 Å². The second-order valence-corrected chi connectivity index (χ2v) is 9.42. The number of nitrogens with one attached hydrogen (secondary N) is 2. The standard InChI is InChI=1S/C25H36N4O6S/c1-7-34-19(30)11-13-27-22(31)21(20-16(2)9-8-10-17(20)3)29(14-12-26)23(32)18(15-36)28-24(33)35-25(4,5)6/h8-10,18,21,36H,7,11,13-15H2,1-6H3,(H,27,31)(H,28,33). The minimum absolute atomic E-state index is 0.0141. The Morgan fingerprint density at radius 2 is 1.78 bits per heavy atom. The van der Waals surface area contributed by atoms with E-state index in [0.717, 1.165) is 16.0 Å². The predicted molar refractivity (Wildman–Crippen MR) is 137 cm³/mol. The number of thiol groups is 1. The fourth-order valence-corrected chi connectivity index (χ4v) is 3.76. The summed E-state index contributed by atoms with van der Waals surface area (Å²) in [6.45, 7) is 10.1. The van der Waals surface area contributed by atoms with Gasteiger partial charge in [0.2, 0.25) is 11.8 Å². The highest BCUT2D eigenvalue weighted by Crippen LogP contribution is 2.28. The van der Waals surface area contributed by atoms with Crippen LogP contribution in [0, 0.1) is 25.2 Å². The normalized spacial score (nSPS) is 12.5. The molecule has 1 aromatic rings. The van der Waals surface area contributed by atoms with Gasteiger partial charge in [-0.1, -0.05) is 18.2 Å². The number of benzene rings is 1. The van der Waals surface area contributed by atoms with Crippen LogP contribution in [0.4, 0.5) is 4.79 Å². The fourth-order valence-electron chi connectivity index (χ4n) is 3.51. The Hall–Kier alpha value is -3.26. The van der Waals surface area contributed by atoms with Crippen LogP contribution < -0.4 is 10.6 Å². The largest absolute Gasteiger partial charge is 0.466 e. The number of hydrogen-bond acceptors (Lipinski definition) is 8. The number of amides is 3. The average Bonchev–Trinajstić information content (AvgIpc) is 2.77. The molecule has 0 saturated heterocycles. The molecule has 1 aromatic carbocycles. The monoisotopic (exact) mass is 520 g/mol. The minimum Gasteiger partial charge on any atom is -0.466 e. The SMILES string of the molecule is CCOC(=O)CCNC(=O)C(c1c(C)cccc1C)N(CC#N)C(=O)C(CS)NC(=O)OC(C)(C)C. The zero-order valence-corrected chi connectivity index (χ0v) is 22.6. The van der Waals surface area contributed by atoms with Crippen LogP contribution in [0.15, 0.2) is 18.2 Å². The van der Waals surface area contributed by atoms with Crippen molar-refractivity contribution in [3.8, 4) is 6.07 Å². The minimum atomic E-state index is -1.19. The summed E-state index contributed by atoms with van der Waals surface area (Å²) in [4.78, 5) is 52.1. The number of hydrogen-bond donors (Lipinski definition) is 3. The van der Waals surface area contributed by atoms with Crippen molar-refractivity contribution in [1.82, 2.24) is 15.5 Å². The van der Waals surface area contributed by atoms with E-state index in [1.165, 1.54) is 0 Å². The third kappa shape index (κ3) is 9.41. The second kappa shape index (κ2) is 14.3. The first-order chi connectivity index (χ1) is 16.9. The van der Waals surface area contributed by atoms with Gasteiger partial charge in [0.15, 0.2) is 0 Å². The molecule has 0 spiro atoms. The van der Waals surface area contributed by atoms with Crippen molar-refractivity contribution in [3.05, 3.63) is 34.9 Å². The first-order valence-electron chi connectivity index (χ1n) is 11.6. The maximum Gasteiger partial charge on any atom is 0.408 e. The number of rotatable bonds is 11. The third-order valence-corrected chi connectivity index (χ3v) is 5.37. The van der Waals surface area contributed by atoms with E-state index in [2.05, 4.69) is 23.3 Å². The van der Waals surface area contributed by atoms with Gasteiger partial charge in [-0.2, -0.15) is 17.9 Å². The lowest BCUT2D eigenvalue weighted by Crippen LogP contribution is -2.54. The van der Waals surface area contributed by atoms with Gasteiger partial charge in [-0.15, -0.1) is 0 Å². The lowest BCUT2D eigenvalue weighted by molar-refractivity contribution is -0.144. The molecule has 11 heteroatoms. The number of ether oxygens (including phenoxy) is 2. The Labute approximate surface area is 218 Å². The van der Waals surface area contributed by atoms with E-state index < -0.39 is 48.1 Å². The van der Waals surface area contributed by atoms with E-state index >= 15 is 0 Å². The molecule has 1 rings (SSSR count). The maximum absolute atomic E-state index is 13.6. The van der Waals surface area contributed by atoms with Crippen LogP contribution in [0.25, 0.3) is 0 Å². The van der Waals surface area contributed by atoms with Crippen molar-refractivity contribution in [1.29, 1.82) is 5.26 Å². The highest BCUT2D eigenvalue weighted by atomic mass is 32.1. The summed E-state index contributed by atoms with van der Waals surface area (Å²) >= 11 is 4.20. The van der Waals surface area contributed by atoms with Gasteiger partial charge < -0.3 is 25.0 Å². The summed E-state index contributed by atoms with van der Waals surface area (Å²) in [5, 5.41) is 14.7. The van der Waals surface area contributed by atoms with Crippen molar-refractivity contribution >= 4 is 36.5 Å². The molecule has 0 aliphatic heterocycles. The lowest BCUT2D eigenvalue weighted by atomic mass is 9.93. The van der Waals surface area contributed by atoms with E-state index in [4.69, 9.17) is 9.47 Å². The van der Waals surface area contributed by atoms with Gasteiger partial charge in [0.05, 0.1) is 19.1 Å². The zero-order valence-electron chi connectivity index (χ0n) is 21.7. The third-order valence-electron chi connectivity index (χ3n) is 5.01. The smallest absolute Gasteiger partial charge is 0.408 e. The van der Waals surface area contributed by atoms with Gasteiger partial charge in [-0.3, -0.25) is 14.4 Å². The van der Waals surface area contributed by atoms with Crippen molar-refractivity contribution in [3.63, 3.8) is 0 Å². The molecule has 0 bridgehead atoms. The van der Waals surface area contributed by atoms with Crippen molar-refractivity contribution in [2.24, 2.45) is 0 Å². The first-order valence-corrected chi connectivity index (χ1v) is 12.3. The fraction of sp³-hybridized carbons (Fsp3) is 0.560. The molecule has 2 N–H and O–H groups in total. The molecule has 36 heavy (non-hydrogen) atoms.